The molecule has 3 aromatic rings. The summed E-state index contributed by atoms with van der Waals surface area (Å²) in [6.07, 6.45) is 0. The lowest BCUT2D eigenvalue weighted by Gasteiger charge is -2.34. The minimum atomic E-state index is -3.74. The molecule has 0 unspecified atom stereocenters. The topological polar surface area (TPSA) is 79.7 Å². The highest BCUT2D eigenvalue weighted by Crippen LogP contribution is 2.25. The van der Waals surface area contributed by atoms with Crippen LogP contribution in [0.3, 0.4) is 0 Å². The zero-order chi connectivity index (χ0) is 21.5. The molecule has 1 saturated heterocycles. The summed E-state index contributed by atoms with van der Waals surface area (Å²) < 4.78 is 28.6. The zero-order valence-corrected chi connectivity index (χ0v) is 17.9. The summed E-state index contributed by atoms with van der Waals surface area (Å²) in [6.45, 7) is 0.766. The Morgan fingerprint density at radius 2 is 1.60 bits per heavy atom. The number of sulfonamides is 1. The Hall–Kier alpha value is -2.68. The van der Waals surface area contributed by atoms with Crippen molar-refractivity contribution in [2.75, 3.05) is 26.2 Å². The molecule has 1 aliphatic rings. The van der Waals surface area contributed by atoms with Gasteiger partial charge in [0.05, 0.1) is 16.1 Å². The van der Waals surface area contributed by atoms with Gasteiger partial charge in [-0.15, -0.1) is 0 Å². The van der Waals surface area contributed by atoms with Crippen LogP contribution in [0, 0.1) is 0 Å². The average Bonchev–Trinajstić information content (AvgIpc) is 2.76. The molecule has 0 spiro atoms. The van der Waals surface area contributed by atoms with Gasteiger partial charge in [0.15, 0.2) is 0 Å². The third-order valence-electron chi connectivity index (χ3n) is 5.36. The van der Waals surface area contributed by atoms with Crippen LogP contribution in [0.1, 0.15) is 10.4 Å². The van der Waals surface area contributed by atoms with Crippen molar-refractivity contribution in [3.8, 4) is 0 Å². The van der Waals surface area contributed by atoms with Gasteiger partial charge in [-0.3, -0.25) is 9.59 Å². The number of rotatable bonds is 3. The van der Waals surface area contributed by atoms with Gasteiger partial charge in [-0.05, 0) is 18.2 Å². The van der Waals surface area contributed by atoms with Crippen LogP contribution >= 0.6 is 11.6 Å². The number of para-hydroxylation sites is 1. The van der Waals surface area contributed by atoms with Crippen molar-refractivity contribution in [1.82, 2.24) is 13.8 Å². The first kappa shape index (κ1) is 20.6. The van der Waals surface area contributed by atoms with Crippen LogP contribution in [0.25, 0.3) is 10.9 Å². The van der Waals surface area contributed by atoms with E-state index < -0.39 is 10.0 Å². The molecule has 0 atom stereocenters. The fourth-order valence-electron chi connectivity index (χ4n) is 3.68. The van der Waals surface area contributed by atoms with Crippen LogP contribution in [0.2, 0.25) is 5.02 Å². The molecule has 156 valence electrons. The van der Waals surface area contributed by atoms with Gasteiger partial charge in [0.25, 0.3) is 11.5 Å². The molecule has 1 aromatic heterocycles. The average molecular weight is 446 g/mol. The number of piperazine rings is 1. The number of halogens is 1. The van der Waals surface area contributed by atoms with Crippen LogP contribution in [0.5, 0.6) is 0 Å². The number of pyridine rings is 1. The Morgan fingerprint density at radius 3 is 2.30 bits per heavy atom. The highest BCUT2D eigenvalue weighted by atomic mass is 35.5. The van der Waals surface area contributed by atoms with Gasteiger partial charge in [-0.25, -0.2) is 8.42 Å². The lowest BCUT2D eigenvalue weighted by molar-refractivity contribution is 0.0699. The van der Waals surface area contributed by atoms with E-state index in [1.807, 2.05) is 12.1 Å². The van der Waals surface area contributed by atoms with Gasteiger partial charge < -0.3 is 9.47 Å². The van der Waals surface area contributed by atoms with Crippen LogP contribution in [-0.4, -0.2) is 54.3 Å². The standard InChI is InChI=1S/C21H20ClN3O4S/c1-23-18-8-4-2-6-15(18)16(14-20(23)26)21(27)24-10-12-25(13-11-24)30(28,29)19-9-5-3-7-17(19)22/h2-9,14H,10-13H2,1H3. The molecule has 0 radical (unpaired) electrons. The second-order valence-electron chi connectivity index (χ2n) is 7.10. The van der Waals surface area contributed by atoms with E-state index in [0.29, 0.717) is 16.5 Å². The first-order valence-corrected chi connectivity index (χ1v) is 11.3. The maximum Gasteiger partial charge on any atom is 0.254 e. The van der Waals surface area contributed by atoms with E-state index in [1.54, 1.807) is 36.2 Å². The summed E-state index contributed by atoms with van der Waals surface area (Å²) >= 11 is 6.07. The van der Waals surface area contributed by atoms with Gasteiger partial charge in [-0.1, -0.05) is 41.9 Å². The summed E-state index contributed by atoms with van der Waals surface area (Å²) in [5.74, 6) is -0.279. The highest BCUT2D eigenvalue weighted by molar-refractivity contribution is 7.89. The monoisotopic (exact) mass is 445 g/mol. The number of carbonyl (C=O) groups is 1. The maximum atomic E-state index is 13.1. The fraction of sp³-hybridized carbons (Fsp3) is 0.238. The van der Waals surface area contributed by atoms with Gasteiger partial charge in [0.2, 0.25) is 10.0 Å². The Morgan fingerprint density at radius 1 is 0.967 bits per heavy atom. The van der Waals surface area contributed by atoms with Crippen LogP contribution in [0.15, 0.2) is 64.3 Å². The van der Waals surface area contributed by atoms with Gasteiger partial charge in [-0.2, -0.15) is 4.31 Å². The van der Waals surface area contributed by atoms with Crippen molar-refractivity contribution in [1.29, 1.82) is 0 Å². The van der Waals surface area contributed by atoms with Crippen LogP contribution in [0.4, 0.5) is 0 Å². The quantitative estimate of drug-likeness (QED) is 0.619. The molecule has 1 amide bonds. The van der Waals surface area contributed by atoms with E-state index in [1.165, 1.54) is 27.1 Å². The first-order valence-electron chi connectivity index (χ1n) is 9.43. The number of hydrogen-bond donors (Lipinski definition) is 0. The molecular weight excluding hydrogens is 426 g/mol. The van der Waals surface area contributed by atoms with Crippen molar-refractivity contribution in [2.24, 2.45) is 7.05 Å². The largest absolute Gasteiger partial charge is 0.336 e. The minimum absolute atomic E-state index is 0.0593. The second-order valence-corrected chi connectivity index (χ2v) is 9.41. The number of nitrogens with zero attached hydrogens (tertiary/aromatic N) is 3. The third kappa shape index (κ3) is 3.51. The molecule has 2 aromatic carbocycles. The van der Waals surface area contributed by atoms with Crippen LogP contribution in [-0.2, 0) is 17.1 Å². The predicted molar refractivity (Wildman–Crippen MR) is 115 cm³/mol. The number of fused-ring (bicyclic) bond motifs is 1. The molecule has 9 heteroatoms. The van der Waals surface area contributed by atoms with Crippen LogP contribution < -0.4 is 5.56 Å². The van der Waals surface area contributed by atoms with E-state index in [4.69, 9.17) is 11.6 Å². The first-order chi connectivity index (χ1) is 14.3. The second kappa shape index (κ2) is 7.86. The summed E-state index contributed by atoms with van der Waals surface area (Å²) in [4.78, 5) is 27.1. The predicted octanol–water partition coefficient (Wildman–Crippen LogP) is 2.34. The Balaban J connectivity index is 1.58. The molecule has 0 N–H and O–H groups in total. The van der Waals surface area contributed by atoms with Gasteiger partial charge in [0.1, 0.15) is 4.90 Å². The molecule has 7 nitrogen and oxygen atoms in total. The summed E-state index contributed by atoms with van der Waals surface area (Å²) in [5.41, 5.74) is 0.737. The van der Waals surface area contributed by atoms with Crippen molar-refractivity contribution in [3.05, 3.63) is 75.5 Å². The van der Waals surface area contributed by atoms with E-state index >= 15 is 0 Å². The minimum Gasteiger partial charge on any atom is -0.336 e. The number of carbonyl (C=O) groups excluding carboxylic acids is 1. The van der Waals surface area contributed by atoms with Crippen molar-refractivity contribution in [2.45, 2.75) is 4.90 Å². The van der Waals surface area contributed by atoms with Gasteiger partial charge in [0, 0.05) is 44.7 Å². The Kier molecular flexibility index (Phi) is 5.40. The highest BCUT2D eigenvalue weighted by Gasteiger charge is 2.32. The molecule has 1 aliphatic heterocycles. The number of benzene rings is 2. The molecule has 30 heavy (non-hydrogen) atoms. The third-order valence-corrected chi connectivity index (χ3v) is 7.76. The lowest BCUT2D eigenvalue weighted by Crippen LogP contribution is -2.50. The van der Waals surface area contributed by atoms with E-state index in [-0.39, 0.29) is 47.6 Å². The number of hydrogen-bond acceptors (Lipinski definition) is 4. The SMILES string of the molecule is Cn1c(=O)cc(C(=O)N2CCN(S(=O)(=O)c3ccccc3Cl)CC2)c2ccccc21. The summed E-state index contributed by atoms with van der Waals surface area (Å²) in [7, 11) is -2.08. The molecular formula is C21H20ClN3O4S. The van der Waals surface area contributed by atoms with E-state index in [9.17, 15) is 18.0 Å². The Labute approximate surface area is 179 Å². The molecule has 0 bridgehead atoms. The molecule has 4 rings (SSSR count). The van der Waals surface area contributed by atoms with Crippen molar-refractivity contribution < 1.29 is 13.2 Å². The lowest BCUT2D eigenvalue weighted by atomic mass is 10.1. The molecule has 0 saturated carbocycles. The molecule has 1 fully saturated rings. The molecule has 0 aliphatic carbocycles. The van der Waals surface area contributed by atoms with Gasteiger partial charge >= 0.3 is 0 Å². The number of aryl methyl sites for hydroxylation is 1. The van der Waals surface area contributed by atoms with E-state index in [2.05, 4.69) is 0 Å². The molecule has 2 heterocycles. The summed E-state index contributed by atoms with van der Waals surface area (Å²) in [5, 5.41) is 0.860. The number of amides is 1. The normalized spacial score (nSPS) is 15.5. The number of aromatic nitrogens is 1. The maximum absolute atomic E-state index is 13.1. The van der Waals surface area contributed by atoms with Crippen molar-refractivity contribution in [3.63, 3.8) is 0 Å². The zero-order valence-electron chi connectivity index (χ0n) is 16.3. The van der Waals surface area contributed by atoms with Crippen molar-refractivity contribution >= 4 is 38.4 Å². The Bertz CT molecular complexity index is 1300. The smallest absolute Gasteiger partial charge is 0.254 e. The fourth-order valence-corrected chi connectivity index (χ4v) is 5.60. The van der Waals surface area contributed by atoms with E-state index in [0.717, 1.165) is 0 Å². The summed E-state index contributed by atoms with van der Waals surface area (Å²) in [6, 6.07) is 14.9.